The summed E-state index contributed by atoms with van der Waals surface area (Å²) in [7, 11) is 0. The van der Waals surface area contributed by atoms with Crippen LogP contribution in [0.4, 0.5) is 5.69 Å². The van der Waals surface area contributed by atoms with Crippen molar-refractivity contribution in [2.45, 2.75) is 25.5 Å². The van der Waals surface area contributed by atoms with Crippen molar-refractivity contribution in [3.63, 3.8) is 0 Å². The standard InChI is InChI=1S/C8H13N3O.2ClH/c9-7-4-10-11(5-7)6-8-2-1-3-12-8;;/h4-5,8H,1-3,6,9H2;2*1H. The Hall–Kier alpha value is -0.450. The molecular weight excluding hydrogens is 225 g/mol. The largest absolute Gasteiger partial charge is 0.396 e. The molecule has 1 aromatic rings. The van der Waals surface area contributed by atoms with Crippen LogP contribution >= 0.6 is 24.8 Å². The van der Waals surface area contributed by atoms with Crippen molar-refractivity contribution in [1.29, 1.82) is 0 Å². The van der Waals surface area contributed by atoms with Crippen LogP contribution in [0.3, 0.4) is 0 Å². The maximum atomic E-state index is 5.53. The monoisotopic (exact) mass is 239 g/mol. The van der Waals surface area contributed by atoms with Crippen LogP contribution in [0.5, 0.6) is 0 Å². The summed E-state index contributed by atoms with van der Waals surface area (Å²) in [6, 6.07) is 0. The van der Waals surface area contributed by atoms with Crippen LogP contribution < -0.4 is 5.73 Å². The molecule has 1 unspecified atom stereocenters. The summed E-state index contributed by atoms with van der Waals surface area (Å²) in [5, 5.41) is 4.09. The molecule has 0 amide bonds. The molecule has 6 heteroatoms. The van der Waals surface area contributed by atoms with Crippen molar-refractivity contribution >= 4 is 30.5 Å². The van der Waals surface area contributed by atoms with Gasteiger partial charge in [0.25, 0.3) is 0 Å². The number of halogens is 2. The molecule has 0 saturated carbocycles. The van der Waals surface area contributed by atoms with E-state index in [0.29, 0.717) is 11.8 Å². The highest BCUT2D eigenvalue weighted by molar-refractivity contribution is 5.85. The summed E-state index contributed by atoms with van der Waals surface area (Å²) >= 11 is 0. The number of nitrogens with two attached hydrogens (primary N) is 1. The molecule has 1 aliphatic rings. The first kappa shape index (κ1) is 13.5. The smallest absolute Gasteiger partial charge is 0.0771 e. The lowest BCUT2D eigenvalue weighted by molar-refractivity contribution is 0.0940. The van der Waals surface area contributed by atoms with E-state index in [1.54, 1.807) is 6.20 Å². The zero-order valence-corrected chi connectivity index (χ0v) is 9.39. The fourth-order valence-electron chi connectivity index (χ4n) is 1.48. The zero-order chi connectivity index (χ0) is 8.39. The van der Waals surface area contributed by atoms with Gasteiger partial charge in [-0.1, -0.05) is 0 Å². The number of ether oxygens (including phenoxy) is 1. The summed E-state index contributed by atoms with van der Waals surface area (Å²) < 4.78 is 7.30. The molecule has 2 heterocycles. The third-order valence-corrected chi connectivity index (χ3v) is 2.07. The Bertz CT molecular complexity index is 261. The molecule has 0 aliphatic carbocycles. The van der Waals surface area contributed by atoms with Gasteiger partial charge in [0.05, 0.1) is 24.5 Å². The fourth-order valence-corrected chi connectivity index (χ4v) is 1.48. The second-order valence-corrected chi connectivity index (χ2v) is 3.13. The molecule has 1 aliphatic heterocycles. The van der Waals surface area contributed by atoms with Gasteiger partial charge in [-0.2, -0.15) is 5.10 Å². The van der Waals surface area contributed by atoms with Crippen molar-refractivity contribution < 1.29 is 4.74 Å². The van der Waals surface area contributed by atoms with E-state index >= 15 is 0 Å². The number of rotatable bonds is 2. The normalized spacial score (nSPS) is 19.9. The van der Waals surface area contributed by atoms with Crippen molar-refractivity contribution in [3.8, 4) is 0 Å². The Morgan fingerprint density at radius 3 is 2.86 bits per heavy atom. The van der Waals surface area contributed by atoms with Gasteiger partial charge in [0.15, 0.2) is 0 Å². The van der Waals surface area contributed by atoms with Gasteiger partial charge in [0.1, 0.15) is 0 Å². The van der Waals surface area contributed by atoms with Gasteiger partial charge in [-0.3, -0.25) is 4.68 Å². The molecule has 2 rings (SSSR count). The summed E-state index contributed by atoms with van der Waals surface area (Å²) in [4.78, 5) is 0. The summed E-state index contributed by atoms with van der Waals surface area (Å²) in [5.74, 6) is 0. The molecule has 1 atom stereocenters. The predicted octanol–water partition coefficient (Wildman–Crippen LogP) is 1.49. The quantitative estimate of drug-likeness (QED) is 0.851. The Morgan fingerprint density at radius 2 is 2.36 bits per heavy atom. The average Bonchev–Trinajstić information content (AvgIpc) is 2.63. The van der Waals surface area contributed by atoms with E-state index in [1.165, 1.54) is 6.42 Å². The van der Waals surface area contributed by atoms with Crippen molar-refractivity contribution in [2.75, 3.05) is 12.3 Å². The van der Waals surface area contributed by atoms with Crippen LogP contribution in [0.1, 0.15) is 12.8 Å². The van der Waals surface area contributed by atoms with Crippen molar-refractivity contribution in [2.24, 2.45) is 0 Å². The lowest BCUT2D eigenvalue weighted by atomic mass is 10.2. The predicted molar refractivity (Wildman–Crippen MR) is 60.1 cm³/mol. The first-order chi connectivity index (χ1) is 5.84. The lowest BCUT2D eigenvalue weighted by Gasteiger charge is -2.08. The van der Waals surface area contributed by atoms with E-state index in [2.05, 4.69) is 5.10 Å². The molecule has 1 aromatic heterocycles. The van der Waals surface area contributed by atoms with E-state index in [-0.39, 0.29) is 24.8 Å². The first-order valence-electron chi connectivity index (χ1n) is 4.24. The number of anilines is 1. The zero-order valence-electron chi connectivity index (χ0n) is 7.76. The van der Waals surface area contributed by atoms with Crippen LogP contribution in [0.2, 0.25) is 0 Å². The van der Waals surface area contributed by atoms with Gasteiger partial charge < -0.3 is 10.5 Å². The molecule has 2 N–H and O–H groups in total. The van der Waals surface area contributed by atoms with Crippen LogP contribution in [-0.2, 0) is 11.3 Å². The summed E-state index contributed by atoms with van der Waals surface area (Å²) in [6.07, 6.45) is 6.14. The Balaban J connectivity index is 0.000000845. The molecular formula is C8H15Cl2N3O. The van der Waals surface area contributed by atoms with Crippen LogP contribution in [0.15, 0.2) is 12.4 Å². The lowest BCUT2D eigenvalue weighted by Crippen LogP contribution is -2.15. The SMILES string of the molecule is Cl.Cl.Nc1cnn(CC2CCCO2)c1. The summed E-state index contributed by atoms with van der Waals surface area (Å²) in [5.41, 5.74) is 6.24. The number of hydrogen-bond acceptors (Lipinski definition) is 3. The number of nitrogen functional groups attached to an aromatic ring is 1. The second-order valence-electron chi connectivity index (χ2n) is 3.13. The van der Waals surface area contributed by atoms with Gasteiger partial charge >= 0.3 is 0 Å². The second kappa shape index (κ2) is 6.11. The highest BCUT2D eigenvalue weighted by Crippen LogP contribution is 2.13. The minimum Gasteiger partial charge on any atom is -0.396 e. The average molecular weight is 240 g/mol. The van der Waals surface area contributed by atoms with Crippen LogP contribution in [0.25, 0.3) is 0 Å². The summed E-state index contributed by atoms with van der Waals surface area (Å²) in [6.45, 7) is 1.72. The molecule has 82 valence electrons. The van der Waals surface area contributed by atoms with Crippen LogP contribution in [0, 0.1) is 0 Å². The maximum Gasteiger partial charge on any atom is 0.0771 e. The number of hydrogen-bond donors (Lipinski definition) is 1. The molecule has 0 aromatic carbocycles. The van der Waals surface area contributed by atoms with Gasteiger partial charge in [-0.25, -0.2) is 0 Å². The van der Waals surface area contributed by atoms with E-state index < -0.39 is 0 Å². The Kier molecular flexibility index (Phi) is 5.92. The van der Waals surface area contributed by atoms with Gasteiger partial charge in [-0.05, 0) is 12.8 Å². The molecule has 0 spiro atoms. The fraction of sp³-hybridized carbons (Fsp3) is 0.625. The minimum atomic E-state index is 0. The molecule has 1 fully saturated rings. The molecule has 4 nitrogen and oxygen atoms in total. The van der Waals surface area contributed by atoms with Crippen molar-refractivity contribution in [1.82, 2.24) is 9.78 Å². The number of nitrogens with zero attached hydrogens (tertiary/aromatic N) is 2. The van der Waals surface area contributed by atoms with Gasteiger partial charge in [0.2, 0.25) is 0 Å². The topological polar surface area (TPSA) is 53.1 Å². The van der Waals surface area contributed by atoms with E-state index in [0.717, 1.165) is 19.6 Å². The highest BCUT2D eigenvalue weighted by Gasteiger charge is 2.15. The Labute approximate surface area is 95.6 Å². The van der Waals surface area contributed by atoms with E-state index in [1.807, 2.05) is 10.9 Å². The first-order valence-corrected chi connectivity index (χ1v) is 4.24. The maximum absolute atomic E-state index is 5.53. The molecule has 0 radical (unpaired) electrons. The van der Waals surface area contributed by atoms with Gasteiger partial charge in [0, 0.05) is 12.8 Å². The van der Waals surface area contributed by atoms with Crippen LogP contribution in [-0.4, -0.2) is 22.5 Å². The van der Waals surface area contributed by atoms with E-state index in [9.17, 15) is 0 Å². The highest BCUT2D eigenvalue weighted by atomic mass is 35.5. The molecule has 0 bridgehead atoms. The molecule has 1 saturated heterocycles. The van der Waals surface area contributed by atoms with E-state index in [4.69, 9.17) is 10.5 Å². The minimum absolute atomic E-state index is 0. The number of aromatic nitrogens is 2. The van der Waals surface area contributed by atoms with Gasteiger partial charge in [-0.15, -0.1) is 24.8 Å². The third-order valence-electron chi connectivity index (χ3n) is 2.07. The Morgan fingerprint density at radius 1 is 1.57 bits per heavy atom. The molecule has 14 heavy (non-hydrogen) atoms. The van der Waals surface area contributed by atoms with Crippen molar-refractivity contribution in [3.05, 3.63) is 12.4 Å². The third kappa shape index (κ3) is 3.36.